The zero-order valence-electron chi connectivity index (χ0n) is 10.1. The fraction of sp³-hybridized carbons (Fsp3) is 0.143. The molecule has 100 valence electrons. The van der Waals surface area contributed by atoms with E-state index < -0.39 is 11.9 Å². The van der Waals surface area contributed by atoms with Crippen molar-refractivity contribution in [1.82, 2.24) is 0 Å². The van der Waals surface area contributed by atoms with Crippen molar-refractivity contribution in [3.8, 4) is 0 Å². The second kappa shape index (κ2) is 5.67. The Hall–Kier alpha value is -2.14. The van der Waals surface area contributed by atoms with E-state index >= 15 is 0 Å². The molecule has 19 heavy (non-hydrogen) atoms. The first-order valence-corrected chi connectivity index (χ1v) is 5.78. The molecule has 2 rings (SSSR count). The van der Waals surface area contributed by atoms with Crippen LogP contribution in [0, 0.1) is 11.6 Å². The molecule has 0 aromatic heterocycles. The topological polar surface area (TPSA) is 58.3 Å². The van der Waals surface area contributed by atoms with Crippen LogP contribution in [0.2, 0.25) is 0 Å². The molecule has 0 radical (unpaired) electrons. The number of hydrogen-bond acceptors (Lipinski definition) is 3. The van der Waals surface area contributed by atoms with Gasteiger partial charge in [0, 0.05) is 12.2 Å². The van der Waals surface area contributed by atoms with E-state index in [4.69, 9.17) is 5.73 Å². The average molecular weight is 264 g/mol. The first kappa shape index (κ1) is 13.3. The van der Waals surface area contributed by atoms with Crippen LogP contribution >= 0.6 is 0 Å². The predicted octanol–water partition coefficient (Wildman–Crippen LogP) is 2.69. The smallest absolute Gasteiger partial charge is 0.146 e. The Morgan fingerprint density at radius 1 is 1.11 bits per heavy atom. The van der Waals surface area contributed by atoms with Gasteiger partial charge in [-0.2, -0.15) is 0 Å². The Kier molecular flexibility index (Phi) is 3.97. The van der Waals surface area contributed by atoms with E-state index in [1.165, 1.54) is 30.3 Å². The Labute approximate surface area is 109 Å². The Morgan fingerprint density at radius 2 is 1.79 bits per heavy atom. The first-order chi connectivity index (χ1) is 9.06. The van der Waals surface area contributed by atoms with Crippen molar-refractivity contribution in [2.45, 2.75) is 6.10 Å². The van der Waals surface area contributed by atoms with Crippen molar-refractivity contribution in [1.29, 1.82) is 0 Å². The molecule has 0 amide bonds. The summed E-state index contributed by atoms with van der Waals surface area (Å²) >= 11 is 0. The SMILES string of the molecule is Nc1cc(C(O)CNc2ccc(F)cc2)ccc1F. The second-order valence-electron chi connectivity index (χ2n) is 4.18. The van der Waals surface area contributed by atoms with Crippen LogP contribution in [0.25, 0.3) is 0 Å². The normalized spacial score (nSPS) is 12.2. The van der Waals surface area contributed by atoms with Crippen molar-refractivity contribution in [2.24, 2.45) is 0 Å². The molecule has 4 N–H and O–H groups in total. The van der Waals surface area contributed by atoms with Gasteiger partial charge in [-0.1, -0.05) is 6.07 Å². The van der Waals surface area contributed by atoms with Gasteiger partial charge in [0.1, 0.15) is 11.6 Å². The number of nitrogen functional groups attached to an aromatic ring is 1. The van der Waals surface area contributed by atoms with Crippen LogP contribution in [0.4, 0.5) is 20.2 Å². The van der Waals surface area contributed by atoms with Crippen LogP contribution < -0.4 is 11.1 Å². The fourth-order valence-corrected chi connectivity index (χ4v) is 1.67. The zero-order valence-corrected chi connectivity index (χ0v) is 10.1. The van der Waals surface area contributed by atoms with Gasteiger partial charge in [-0.25, -0.2) is 8.78 Å². The first-order valence-electron chi connectivity index (χ1n) is 5.78. The zero-order chi connectivity index (χ0) is 13.8. The van der Waals surface area contributed by atoms with E-state index in [0.717, 1.165) is 0 Å². The number of anilines is 2. The monoisotopic (exact) mass is 264 g/mol. The lowest BCUT2D eigenvalue weighted by Crippen LogP contribution is -2.12. The van der Waals surface area contributed by atoms with E-state index in [2.05, 4.69) is 5.32 Å². The number of halogens is 2. The maximum atomic E-state index is 13.0. The summed E-state index contributed by atoms with van der Waals surface area (Å²) in [5.74, 6) is -0.833. The number of nitrogens with one attached hydrogen (secondary N) is 1. The van der Waals surface area contributed by atoms with Gasteiger partial charge in [0.05, 0.1) is 11.8 Å². The number of benzene rings is 2. The van der Waals surface area contributed by atoms with Gasteiger partial charge in [-0.15, -0.1) is 0 Å². The van der Waals surface area contributed by atoms with Crippen molar-refractivity contribution in [3.63, 3.8) is 0 Å². The predicted molar refractivity (Wildman–Crippen MR) is 70.7 cm³/mol. The lowest BCUT2D eigenvalue weighted by Gasteiger charge is -2.14. The van der Waals surface area contributed by atoms with Gasteiger partial charge in [0.15, 0.2) is 0 Å². The molecule has 0 fully saturated rings. The number of rotatable bonds is 4. The van der Waals surface area contributed by atoms with E-state index in [1.54, 1.807) is 12.1 Å². The fourth-order valence-electron chi connectivity index (χ4n) is 1.67. The number of hydrogen-bond donors (Lipinski definition) is 3. The minimum atomic E-state index is -0.826. The van der Waals surface area contributed by atoms with Gasteiger partial charge >= 0.3 is 0 Å². The second-order valence-corrected chi connectivity index (χ2v) is 4.18. The molecule has 0 bridgehead atoms. The molecule has 0 aliphatic rings. The molecule has 0 saturated carbocycles. The summed E-state index contributed by atoms with van der Waals surface area (Å²) in [4.78, 5) is 0. The highest BCUT2D eigenvalue weighted by atomic mass is 19.1. The van der Waals surface area contributed by atoms with Crippen LogP contribution in [-0.4, -0.2) is 11.7 Å². The van der Waals surface area contributed by atoms with E-state index in [0.29, 0.717) is 11.3 Å². The van der Waals surface area contributed by atoms with Crippen LogP contribution in [0.15, 0.2) is 42.5 Å². The van der Waals surface area contributed by atoms with Crippen LogP contribution in [0.5, 0.6) is 0 Å². The molecule has 0 aliphatic heterocycles. The number of aliphatic hydroxyl groups is 1. The molecule has 0 spiro atoms. The minimum Gasteiger partial charge on any atom is -0.396 e. The Balaban J connectivity index is 1.98. The summed E-state index contributed by atoms with van der Waals surface area (Å²) < 4.78 is 25.7. The summed E-state index contributed by atoms with van der Waals surface area (Å²) in [7, 11) is 0. The van der Waals surface area contributed by atoms with Crippen LogP contribution in [0.1, 0.15) is 11.7 Å². The summed E-state index contributed by atoms with van der Waals surface area (Å²) in [6.07, 6.45) is -0.826. The largest absolute Gasteiger partial charge is 0.396 e. The number of aliphatic hydroxyl groups excluding tert-OH is 1. The highest BCUT2D eigenvalue weighted by Gasteiger charge is 2.09. The van der Waals surface area contributed by atoms with Gasteiger partial charge < -0.3 is 16.2 Å². The minimum absolute atomic E-state index is 0.00154. The molecule has 1 atom stereocenters. The third-order valence-electron chi connectivity index (χ3n) is 2.75. The van der Waals surface area contributed by atoms with Gasteiger partial charge in [-0.3, -0.25) is 0 Å². The van der Waals surface area contributed by atoms with Gasteiger partial charge in [0.2, 0.25) is 0 Å². The highest BCUT2D eigenvalue weighted by Crippen LogP contribution is 2.19. The summed E-state index contributed by atoms with van der Waals surface area (Å²) in [5, 5.41) is 12.9. The summed E-state index contributed by atoms with van der Waals surface area (Å²) in [6, 6.07) is 9.87. The number of nitrogens with two attached hydrogens (primary N) is 1. The van der Waals surface area contributed by atoms with Gasteiger partial charge in [-0.05, 0) is 42.0 Å². The van der Waals surface area contributed by atoms with E-state index in [1.807, 2.05) is 0 Å². The molecular weight excluding hydrogens is 250 g/mol. The molecule has 1 unspecified atom stereocenters. The van der Waals surface area contributed by atoms with Crippen LogP contribution in [-0.2, 0) is 0 Å². The standard InChI is InChI=1S/C14H14F2N2O/c15-10-2-4-11(5-3-10)18-8-14(19)9-1-6-12(16)13(17)7-9/h1-7,14,18-19H,8,17H2. The van der Waals surface area contributed by atoms with E-state index in [-0.39, 0.29) is 18.0 Å². The van der Waals surface area contributed by atoms with E-state index in [9.17, 15) is 13.9 Å². The van der Waals surface area contributed by atoms with Crippen molar-refractivity contribution < 1.29 is 13.9 Å². The maximum absolute atomic E-state index is 13.0. The molecule has 5 heteroatoms. The molecule has 0 saturated heterocycles. The summed E-state index contributed by atoms with van der Waals surface area (Å²) in [5.41, 5.74) is 6.64. The molecule has 0 aliphatic carbocycles. The molecular formula is C14H14F2N2O. The van der Waals surface area contributed by atoms with Crippen molar-refractivity contribution in [2.75, 3.05) is 17.6 Å². The Bertz CT molecular complexity index is 558. The molecule has 0 heterocycles. The molecule has 3 nitrogen and oxygen atoms in total. The average Bonchev–Trinajstić information content (AvgIpc) is 2.41. The summed E-state index contributed by atoms with van der Waals surface area (Å²) in [6.45, 7) is 0.219. The van der Waals surface area contributed by atoms with Gasteiger partial charge in [0.25, 0.3) is 0 Å². The van der Waals surface area contributed by atoms with Crippen molar-refractivity contribution in [3.05, 3.63) is 59.7 Å². The maximum Gasteiger partial charge on any atom is 0.146 e. The third kappa shape index (κ3) is 3.42. The Morgan fingerprint density at radius 3 is 2.42 bits per heavy atom. The third-order valence-corrected chi connectivity index (χ3v) is 2.75. The van der Waals surface area contributed by atoms with Crippen LogP contribution in [0.3, 0.4) is 0 Å². The lowest BCUT2D eigenvalue weighted by molar-refractivity contribution is 0.191. The van der Waals surface area contributed by atoms with Crippen molar-refractivity contribution >= 4 is 11.4 Å². The molecule has 2 aromatic carbocycles. The lowest BCUT2D eigenvalue weighted by atomic mass is 10.1. The molecule has 2 aromatic rings. The quantitative estimate of drug-likeness (QED) is 0.744. The highest BCUT2D eigenvalue weighted by molar-refractivity contribution is 5.45.